The molecule has 1 aliphatic rings. The summed E-state index contributed by atoms with van der Waals surface area (Å²) in [5.74, 6) is -0.0578. The average molecular weight is 408 g/mol. The van der Waals surface area contributed by atoms with Gasteiger partial charge in [-0.25, -0.2) is 8.42 Å². The van der Waals surface area contributed by atoms with Gasteiger partial charge in [0.25, 0.3) is 5.91 Å². The molecule has 1 amide bonds. The van der Waals surface area contributed by atoms with Crippen molar-refractivity contribution >= 4 is 31.7 Å². The van der Waals surface area contributed by atoms with Gasteiger partial charge in [0.2, 0.25) is 0 Å². The maximum Gasteiger partial charge on any atom is 0.254 e. The molecule has 126 valence electrons. The van der Waals surface area contributed by atoms with E-state index >= 15 is 0 Å². The van der Waals surface area contributed by atoms with Crippen LogP contribution in [0, 0.1) is 0 Å². The van der Waals surface area contributed by atoms with E-state index in [1.807, 2.05) is 29.2 Å². The third-order valence-electron chi connectivity index (χ3n) is 4.02. The second-order valence-corrected chi connectivity index (χ2v) is 9.02. The van der Waals surface area contributed by atoms with Crippen molar-refractivity contribution < 1.29 is 13.2 Å². The lowest BCUT2D eigenvalue weighted by Gasteiger charge is -2.23. The molecule has 0 aromatic heterocycles. The minimum atomic E-state index is -3.25. The summed E-state index contributed by atoms with van der Waals surface area (Å²) < 4.78 is 24.1. The Morgan fingerprint density at radius 1 is 1.17 bits per heavy atom. The van der Waals surface area contributed by atoms with Crippen LogP contribution in [0.25, 0.3) is 0 Å². The third-order valence-corrected chi connectivity index (χ3v) is 5.64. The monoisotopic (exact) mass is 407 g/mol. The highest BCUT2D eigenvalue weighted by Crippen LogP contribution is 2.30. The van der Waals surface area contributed by atoms with Crippen molar-refractivity contribution in [1.29, 1.82) is 0 Å². The van der Waals surface area contributed by atoms with Crippen LogP contribution in [0.4, 0.5) is 0 Å². The second kappa shape index (κ2) is 6.69. The predicted molar refractivity (Wildman–Crippen MR) is 96.6 cm³/mol. The lowest BCUT2D eigenvalue weighted by molar-refractivity contribution is 0.0730. The van der Waals surface area contributed by atoms with Gasteiger partial charge >= 0.3 is 0 Å². The zero-order valence-corrected chi connectivity index (χ0v) is 15.7. The van der Waals surface area contributed by atoms with E-state index < -0.39 is 9.84 Å². The van der Waals surface area contributed by atoms with E-state index in [1.165, 1.54) is 12.1 Å². The fraction of sp³-hybridized carbons (Fsp3) is 0.278. The molecule has 2 aromatic carbocycles. The lowest BCUT2D eigenvalue weighted by Crippen LogP contribution is -2.32. The van der Waals surface area contributed by atoms with Crippen molar-refractivity contribution in [3.8, 4) is 0 Å². The first kappa shape index (κ1) is 17.2. The fourth-order valence-corrected chi connectivity index (χ4v) is 3.67. The van der Waals surface area contributed by atoms with E-state index in [9.17, 15) is 13.2 Å². The van der Waals surface area contributed by atoms with Crippen LogP contribution in [0.3, 0.4) is 0 Å². The molecule has 0 aliphatic heterocycles. The van der Waals surface area contributed by atoms with Gasteiger partial charge in [0.15, 0.2) is 9.84 Å². The quantitative estimate of drug-likeness (QED) is 0.759. The summed E-state index contributed by atoms with van der Waals surface area (Å²) in [5.41, 5.74) is 1.58. The molecule has 0 atom stereocenters. The minimum absolute atomic E-state index is 0.0578. The van der Waals surface area contributed by atoms with E-state index in [-0.39, 0.29) is 16.8 Å². The summed E-state index contributed by atoms with van der Waals surface area (Å²) in [7, 11) is -3.25. The van der Waals surface area contributed by atoms with Crippen LogP contribution in [-0.4, -0.2) is 31.5 Å². The molecule has 6 heteroatoms. The maximum atomic E-state index is 12.8. The van der Waals surface area contributed by atoms with Crippen LogP contribution in [0.15, 0.2) is 57.9 Å². The number of halogens is 1. The molecule has 0 radical (unpaired) electrons. The molecular formula is C18H18BrNO3S. The van der Waals surface area contributed by atoms with Gasteiger partial charge < -0.3 is 4.90 Å². The van der Waals surface area contributed by atoms with Crippen molar-refractivity contribution in [2.45, 2.75) is 30.3 Å². The molecular weight excluding hydrogens is 390 g/mol. The zero-order chi connectivity index (χ0) is 17.3. The second-order valence-electron chi connectivity index (χ2n) is 6.09. The molecule has 0 unspecified atom stereocenters. The molecule has 0 bridgehead atoms. The molecule has 0 heterocycles. The summed E-state index contributed by atoms with van der Waals surface area (Å²) in [4.78, 5) is 14.9. The summed E-state index contributed by atoms with van der Waals surface area (Å²) in [6.45, 7) is 0.552. The highest BCUT2D eigenvalue weighted by Gasteiger charge is 2.33. The van der Waals surface area contributed by atoms with E-state index in [4.69, 9.17) is 0 Å². The minimum Gasteiger partial charge on any atom is -0.331 e. The topological polar surface area (TPSA) is 54.5 Å². The van der Waals surface area contributed by atoms with E-state index in [0.29, 0.717) is 12.1 Å². The average Bonchev–Trinajstić information content (AvgIpc) is 3.36. The Kier molecular flexibility index (Phi) is 4.78. The van der Waals surface area contributed by atoms with Gasteiger partial charge in [-0.2, -0.15) is 0 Å². The smallest absolute Gasteiger partial charge is 0.254 e. The highest BCUT2D eigenvalue weighted by molar-refractivity contribution is 9.10. The van der Waals surface area contributed by atoms with Gasteiger partial charge in [0, 0.05) is 28.9 Å². The number of rotatable bonds is 5. The van der Waals surface area contributed by atoms with Gasteiger partial charge in [0.1, 0.15) is 0 Å². The standard InChI is InChI=1S/C18H18BrNO3S/c1-24(22,23)17-9-5-14(6-10-17)18(21)20(16-7-8-16)12-13-3-2-4-15(19)11-13/h2-6,9-11,16H,7-8,12H2,1H3. The third kappa shape index (κ3) is 4.05. The van der Waals surface area contributed by atoms with Crippen LogP contribution >= 0.6 is 15.9 Å². The van der Waals surface area contributed by atoms with E-state index in [1.54, 1.807) is 12.1 Å². The Morgan fingerprint density at radius 3 is 2.38 bits per heavy atom. The van der Waals surface area contributed by atoms with Crippen molar-refractivity contribution in [3.05, 3.63) is 64.1 Å². The Bertz CT molecular complexity index is 858. The Balaban J connectivity index is 1.82. The van der Waals surface area contributed by atoms with Crippen molar-refractivity contribution in [1.82, 2.24) is 4.90 Å². The summed E-state index contributed by atoms with van der Waals surface area (Å²) in [6, 6.07) is 14.4. The predicted octanol–water partition coefficient (Wildman–Crippen LogP) is 3.66. The van der Waals surface area contributed by atoms with Crippen molar-refractivity contribution in [2.24, 2.45) is 0 Å². The molecule has 4 nitrogen and oxygen atoms in total. The van der Waals surface area contributed by atoms with Gasteiger partial charge in [-0.1, -0.05) is 28.1 Å². The van der Waals surface area contributed by atoms with Gasteiger partial charge in [0.05, 0.1) is 4.90 Å². The molecule has 2 aromatic rings. The highest BCUT2D eigenvalue weighted by atomic mass is 79.9. The van der Waals surface area contributed by atoms with Crippen molar-refractivity contribution in [2.75, 3.05) is 6.26 Å². The first-order valence-corrected chi connectivity index (χ1v) is 10.4. The summed E-state index contributed by atoms with van der Waals surface area (Å²) in [5, 5.41) is 0. The van der Waals surface area contributed by atoms with E-state index in [0.717, 1.165) is 29.1 Å². The number of hydrogen-bond donors (Lipinski definition) is 0. The van der Waals surface area contributed by atoms with Crippen LogP contribution in [0.1, 0.15) is 28.8 Å². The molecule has 24 heavy (non-hydrogen) atoms. The van der Waals surface area contributed by atoms with Crippen molar-refractivity contribution in [3.63, 3.8) is 0 Å². The number of amides is 1. The molecule has 1 fully saturated rings. The van der Waals surface area contributed by atoms with Crippen LogP contribution < -0.4 is 0 Å². The number of sulfone groups is 1. The van der Waals surface area contributed by atoms with Crippen LogP contribution in [0.5, 0.6) is 0 Å². The zero-order valence-electron chi connectivity index (χ0n) is 13.3. The maximum absolute atomic E-state index is 12.8. The van der Waals surface area contributed by atoms with Gasteiger partial charge in [-0.15, -0.1) is 0 Å². The SMILES string of the molecule is CS(=O)(=O)c1ccc(C(=O)N(Cc2cccc(Br)c2)C2CC2)cc1. The first-order chi connectivity index (χ1) is 11.3. The molecule has 3 rings (SSSR count). The fourth-order valence-electron chi connectivity index (χ4n) is 2.60. The Morgan fingerprint density at radius 2 is 1.83 bits per heavy atom. The van der Waals surface area contributed by atoms with E-state index in [2.05, 4.69) is 15.9 Å². The molecule has 1 aliphatic carbocycles. The summed E-state index contributed by atoms with van der Waals surface area (Å²) in [6.07, 6.45) is 3.19. The molecule has 0 saturated heterocycles. The Labute approximate surface area is 150 Å². The van der Waals surface area contributed by atoms with Gasteiger partial charge in [-0.05, 0) is 54.8 Å². The van der Waals surface area contributed by atoms with Crippen LogP contribution in [-0.2, 0) is 16.4 Å². The van der Waals surface area contributed by atoms with Crippen LogP contribution in [0.2, 0.25) is 0 Å². The molecule has 0 spiro atoms. The number of hydrogen-bond acceptors (Lipinski definition) is 3. The largest absolute Gasteiger partial charge is 0.331 e. The molecule has 0 N–H and O–H groups in total. The number of benzene rings is 2. The Hall–Kier alpha value is -1.66. The summed E-state index contributed by atoms with van der Waals surface area (Å²) >= 11 is 3.45. The molecule has 1 saturated carbocycles. The first-order valence-electron chi connectivity index (χ1n) is 7.70. The number of nitrogens with zero attached hydrogens (tertiary/aromatic N) is 1. The number of carbonyl (C=O) groups excluding carboxylic acids is 1. The number of carbonyl (C=O) groups is 1. The van der Waals surface area contributed by atoms with Gasteiger partial charge in [-0.3, -0.25) is 4.79 Å². The normalized spacial score (nSPS) is 14.4. The lowest BCUT2D eigenvalue weighted by atomic mass is 10.1.